The van der Waals surface area contributed by atoms with Crippen LogP contribution < -0.4 is 4.90 Å². The van der Waals surface area contributed by atoms with Gasteiger partial charge in [0.2, 0.25) is 0 Å². The van der Waals surface area contributed by atoms with Gasteiger partial charge in [-0.25, -0.2) is 0 Å². The summed E-state index contributed by atoms with van der Waals surface area (Å²) in [5.74, 6) is 0.556. The van der Waals surface area contributed by atoms with Crippen molar-refractivity contribution in [1.29, 1.82) is 0 Å². The van der Waals surface area contributed by atoms with Crippen molar-refractivity contribution in [3.8, 4) is 0 Å². The molecule has 0 spiro atoms. The third-order valence-corrected chi connectivity index (χ3v) is 10.5. The highest BCUT2D eigenvalue weighted by molar-refractivity contribution is 5.76. The van der Waals surface area contributed by atoms with Gasteiger partial charge in [0.25, 0.3) is 0 Å². The summed E-state index contributed by atoms with van der Waals surface area (Å²) in [5, 5.41) is 0. The summed E-state index contributed by atoms with van der Waals surface area (Å²) < 4.78 is 0. The van der Waals surface area contributed by atoms with Gasteiger partial charge in [0, 0.05) is 34.4 Å². The Labute approximate surface area is 275 Å². The molecule has 0 bridgehead atoms. The van der Waals surface area contributed by atoms with Gasteiger partial charge in [-0.2, -0.15) is 0 Å². The van der Waals surface area contributed by atoms with E-state index in [1.165, 1.54) is 69.2 Å². The summed E-state index contributed by atoms with van der Waals surface area (Å²) >= 11 is 0. The monoisotopic (exact) mass is 600 g/mol. The first-order chi connectivity index (χ1) is 22.8. The fourth-order valence-corrected chi connectivity index (χ4v) is 8.20. The number of rotatable bonds is 7. The van der Waals surface area contributed by atoms with Crippen LogP contribution in [0.3, 0.4) is 0 Å². The summed E-state index contributed by atoms with van der Waals surface area (Å²) in [6.45, 7) is 0. The molecule has 0 aliphatic heterocycles. The Balaban J connectivity index is 1.09. The molecule has 6 aliphatic rings. The molecule has 230 valence electrons. The van der Waals surface area contributed by atoms with Crippen LogP contribution in [0.1, 0.15) is 68.9 Å². The Bertz CT molecular complexity index is 1800. The van der Waals surface area contributed by atoms with Gasteiger partial charge in [0.05, 0.1) is 6.04 Å². The molecule has 0 aromatic heterocycles. The molecule has 0 saturated heterocycles. The molecule has 2 atom stereocenters. The molecule has 6 aliphatic carbocycles. The van der Waals surface area contributed by atoms with E-state index in [4.69, 9.17) is 0 Å². The number of fused-ring (bicyclic) bond motifs is 2. The van der Waals surface area contributed by atoms with Crippen LogP contribution in [0, 0.1) is 5.92 Å². The molecule has 2 heteroatoms. The fraction of sp³-hybridized carbons (Fsp3) is 0.273. The molecule has 0 fully saturated rings. The van der Waals surface area contributed by atoms with Crippen molar-refractivity contribution in [3.63, 3.8) is 0 Å². The number of hydrogen-bond donors (Lipinski definition) is 0. The first kappa shape index (κ1) is 28.9. The highest BCUT2D eigenvalue weighted by Crippen LogP contribution is 2.42. The molecule has 0 amide bonds. The molecule has 0 radical (unpaired) electrons. The SMILES string of the molecule is C1=CC(N(C2=CCCC=C2)C2=CC=C(C3=CC=C(N(c4ccccc4)c4cccc5c4CCC=C5)CC3)CC2)C2CCC=CC2=C1. The summed E-state index contributed by atoms with van der Waals surface area (Å²) in [5.41, 5.74) is 14.1. The van der Waals surface area contributed by atoms with E-state index >= 15 is 0 Å². The van der Waals surface area contributed by atoms with Gasteiger partial charge in [0.1, 0.15) is 0 Å². The quantitative estimate of drug-likeness (QED) is 0.312. The van der Waals surface area contributed by atoms with Crippen molar-refractivity contribution < 1.29 is 0 Å². The van der Waals surface area contributed by atoms with Gasteiger partial charge in [-0.3, -0.25) is 0 Å². The normalized spacial score (nSPS) is 23.2. The Kier molecular flexibility index (Phi) is 8.19. The number of benzene rings is 2. The maximum atomic E-state index is 2.68. The smallest absolute Gasteiger partial charge is 0.0590 e. The molecule has 2 aromatic rings. The van der Waals surface area contributed by atoms with E-state index in [0.29, 0.717) is 12.0 Å². The third kappa shape index (κ3) is 5.66. The fourth-order valence-electron chi connectivity index (χ4n) is 8.20. The number of para-hydroxylation sites is 1. The van der Waals surface area contributed by atoms with E-state index in [1.807, 2.05) is 0 Å². The average molecular weight is 601 g/mol. The second-order valence-corrected chi connectivity index (χ2v) is 13.3. The van der Waals surface area contributed by atoms with Crippen LogP contribution >= 0.6 is 0 Å². The number of nitrogens with zero attached hydrogens (tertiary/aromatic N) is 2. The predicted molar refractivity (Wildman–Crippen MR) is 194 cm³/mol. The summed E-state index contributed by atoms with van der Waals surface area (Å²) in [6, 6.07) is 18.1. The zero-order valence-electron chi connectivity index (χ0n) is 26.8. The molecule has 8 rings (SSSR count). The van der Waals surface area contributed by atoms with E-state index in [1.54, 1.807) is 0 Å². The lowest BCUT2D eigenvalue weighted by molar-refractivity contribution is 0.278. The van der Waals surface area contributed by atoms with Crippen LogP contribution in [0.2, 0.25) is 0 Å². The number of anilines is 2. The van der Waals surface area contributed by atoms with Gasteiger partial charge in [-0.05, 0) is 128 Å². The van der Waals surface area contributed by atoms with Gasteiger partial charge < -0.3 is 9.80 Å². The van der Waals surface area contributed by atoms with Crippen LogP contribution in [-0.4, -0.2) is 10.9 Å². The molecule has 2 nitrogen and oxygen atoms in total. The van der Waals surface area contributed by atoms with E-state index in [9.17, 15) is 0 Å². The Morgan fingerprint density at radius 1 is 0.609 bits per heavy atom. The van der Waals surface area contributed by atoms with Crippen LogP contribution in [0.4, 0.5) is 11.4 Å². The molecular weight excluding hydrogens is 556 g/mol. The van der Waals surface area contributed by atoms with E-state index < -0.39 is 0 Å². The maximum absolute atomic E-state index is 2.68. The van der Waals surface area contributed by atoms with Gasteiger partial charge in [-0.15, -0.1) is 0 Å². The lowest BCUT2D eigenvalue weighted by Crippen LogP contribution is -2.40. The predicted octanol–water partition coefficient (Wildman–Crippen LogP) is 11.4. The van der Waals surface area contributed by atoms with Crippen LogP contribution in [0.5, 0.6) is 0 Å². The third-order valence-electron chi connectivity index (χ3n) is 10.5. The lowest BCUT2D eigenvalue weighted by Gasteiger charge is -2.43. The Morgan fingerprint density at radius 2 is 1.41 bits per heavy atom. The summed E-state index contributed by atoms with van der Waals surface area (Å²) in [4.78, 5) is 5.19. The lowest BCUT2D eigenvalue weighted by atomic mass is 9.79. The van der Waals surface area contributed by atoms with Crippen molar-refractivity contribution in [2.75, 3.05) is 4.90 Å². The molecule has 0 heterocycles. The highest BCUT2D eigenvalue weighted by Gasteiger charge is 2.33. The summed E-state index contributed by atoms with van der Waals surface area (Å²) in [7, 11) is 0. The molecular formula is C44H44N2. The first-order valence-electron chi connectivity index (χ1n) is 17.5. The molecule has 2 aromatic carbocycles. The van der Waals surface area contributed by atoms with Gasteiger partial charge in [-0.1, -0.05) is 97.2 Å². The van der Waals surface area contributed by atoms with Crippen LogP contribution in [0.15, 0.2) is 161 Å². The molecule has 0 N–H and O–H groups in total. The zero-order chi connectivity index (χ0) is 30.7. The summed E-state index contributed by atoms with van der Waals surface area (Å²) in [6.07, 6.45) is 44.4. The van der Waals surface area contributed by atoms with Crippen molar-refractivity contribution >= 4 is 17.5 Å². The van der Waals surface area contributed by atoms with Gasteiger partial charge in [0.15, 0.2) is 0 Å². The topological polar surface area (TPSA) is 6.48 Å². The molecule has 46 heavy (non-hydrogen) atoms. The van der Waals surface area contributed by atoms with Crippen LogP contribution in [-0.2, 0) is 6.42 Å². The van der Waals surface area contributed by atoms with Crippen molar-refractivity contribution in [2.45, 2.75) is 70.3 Å². The second kappa shape index (κ2) is 13.0. The Hall–Kier alpha value is -4.56. The number of allylic oxidation sites excluding steroid dienone is 16. The Morgan fingerprint density at radius 3 is 2.20 bits per heavy atom. The zero-order valence-corrected chi connectivity index (χ0v) is 26.8. The largest absolute Gasteiger partial charge is 0.338 e. The van der Waals surface area contributed by atoms with Crippen molar-refractivity contribution in [2.24, 2.45) is 5.92 Å². The van der Waals surface area contributed by atoms with Crippen LogP contribution in [0.25, 0.3) is 6.08 Å². The minimum atomic E-state index is 0.378. The number of hydrogen-bond acceptors (Lipinski definition) is 2. The van der Waals surface area contributed by atoms with E-state index in [0.717, 1.165) is 51.4 Å². The first-order valence-corrected chi connectivity index (χ1v) is 17.5. The maximum Gasteiger partial charge on any atom is 0.0590 e. The molecule has 2 unspecified atom stereocenters. The highest BCUT2D eigenvalue weighted by atomic mass is 15.2. The van der Waals surface area contributed by atoms with E-state index in [2.05, 4.69) is 143 Å². The second-order valence-electron chi connectivity index (χ2n) is 13.3. The minimum absolute atomic E-state index is 0.378. The van der Waals surface area contributed by atoms with E-state index in [-0.39, 0.29) is 0 Å². The van der Waals surface area contributed by atoms with Crippen molar-refractivity contribution in [1.82, 2.24) is 4.90 Å². The van der Waals surface area contributed by atoms with Gasteiger partial charge >= 0.3 is 0 Å². The molecule has 0 saturated carbocycles. The average Bonchev–Trinajstić information content (AvgIpc) is 3.14. The van der Waals surface area contributed by atoms with Crippen molar-refractivity contribution in [3.05, 3.63) is 172 Å². The standard InChI is InChI=1S/C44H44N2/c1-3-17-37(18-4-1)45(43-23-11-15-35-13-7-9-21-41(35)43)39-29-25-33(26-30-39)34-27-31-40(32-28-34)46(38-19-5-2-6-20-38)44-24-12-16-36-14-8-10-22-42(36)44/h1,3-5,7-8,11-20,23-25,27,29,31,42,44H,2,6,9-10,21-22,26,28,30,32H2. The minimum Gasteiger partial charge on any atom is -0.338 e.